The normalized spacial score (nSPS) is 13.3. The van der Waals surface area contributed by atoms with Gasteiger partial charge in [-0.3, -0.25) is 0 Å². The molecule has 5 nitrogen and oxygen atoms in total. The Balaban J connectivity index is 0.000000734. The van der Waals surface area contributed by atoms with E-state index < -0.39 is 7.26 Å². The third kappa shape index (κ3) is 8.79. The summed E-state index contributed by atoms with van der Waals surface area (Å²) in [6.45, 7) is 9.24. The van der Waals surface area contributed by atoms with Crippen LogP contribution in [0.1, 0.15) is 72.6 Å². The van der Waals surface area contributed by atoms with Crippen LogP contribution in [-0.4, -0.2) is 44.9 Å². The molecular weight excluding hydrogens is 293 g/mol. The number of hydrogen-bond donors (Lipinski definition) is 2. The molecule has 1 unspecified atom stereocenters. The van der Waals surface area contributed by atoms with Gasteiger partial charge in [-0.05, 0) is 10.4 Å². The molecule has 0 spiro atoms. The minimum absolute atomic E-state index is 0.548. The molecule has 0 saturated carbocycles. The molecular formula is C16H38N5P. The summed E-state index contributed by atoms with van der Waals surface area (Å²) in [5.41, 5.74) is 6.54. The summed E-state index contributed by atoms with van der Waals surface area (Å²) < 4.78 is 0. The van der Waals surface area contributed by atoms with Crippen molar-refractivity contribution in [3.63, 3.8) is 0 Å². The van der Waals surface area contributed by atoms with E-state index >= 15 is 0 Å². The molecule has 1 heterocycles. The van der Waals surface area contributed by atoms with Crippen molar-refractivity contribution < 1.29 is 0 Å². The summed E-state index contributed by atoms with van der Waals surface area (Å²) in [6, 6.07) is 0. The number of H-pyrrole nitrogens is 1. The van der Waals surface area contributed by atoms with Gasteiger partial charge in [-0.1, -0.05) is 0 Å². The number of hydrogen-bond acceptors (Lipinski definition) is 4. The second kappa shape index (κ2) is 14.1. The van der Waals surface area contributed by atoms with Gasteiger partial charge in [0, 0.05) is 0 Å². The van der Waals surface area contributed by atoms with E-state index in [4.69, 9.17) is 5.73 Å². The Morgan fingerprint density at radius 1 is 0.955 bits per heavy atom. The van der Waals surface area contributed by atoms with Gasteiger partial charge in [-0.25, -0.2) is 5.10 Å². The summed E-state index contributed by atoms with van der Waals surface area (Å²) in [5, 5.41) is 12.1. The number of tetrazole rings is 1. The maximum absolute atomic E-state index is 6.54. The standard InChI is InChI=1S/C15H36NP.CH2N4/c1-5-9-12-17(13-10-6-2,14-11-7-3)15(16)8-4;1-2-4-5-3-1/h15,17H,5-14,16H2,1-4H3;1H,(H,2,3,4,5). The van der Waals surface area contributed by atoms with E-state index in [2.05, 4.69) is 48.3 Å². The molecule has 0 radical (unpaired) electrons. The van der Waals surface area contributed by atoms with Crippen LogP contribution in [0.25, 0.3) is 0 Å². The van der Waals surface area contributed by atoms with Crippen LogP contribution in [0.15, 0.2) is 6.33 Å². The van der Waals surface area contributed by atoms with E-state index in [9.17, 15) is 0 Å². The summed E-state index contributed by atoms with van der Waals surface area (Å²) in [7, 11) is -1.18. The molecule has 0 aliphatic heterocycles. The largest absolute Gasteiger partial charge is 0.246 e. The summed E-state index contributed by atoms with van der Waals surface area (Å²) in [4.78, 5) is 0. The van der Waals surface area contributed by atoms with E-state index in [1.54, 1.807) is 0 Å². The van der Waals surface area contributed by atoms with Gasteiger partial charge in [0.15, 0.2) is 0 Å². The van der Waals surface area contributed by atoms with Crippen LogP contribution in [0.4, 0.5) is 0 Å². The van der Waals surface area contributed by atoms with E-state index in [0.717, 1.165) is 0 Å². The molecule has 3 N–H and O–H groups in total. The molecule has 0 fully saturated rings. The van der Waals surface area contributed by atoms with Crippen LogP contribution in [0.5, 0.6) is 0 Å². The van der Waals surface area contributed by atoms with Crippen molar-refractivity contribution in [1.29, 1.82) is 0 Å². The van der Waals surface area contributed by atoms with Crippen molar-refractivity contribution in [2.75, 3.05) is 18.5 Å². The second-order valence-corrected chi connectivity index (χ2v) is 11.2. The van der Waals surface area contributed by atoms with Crippen LogP contribution < -0.4 is 5.73 Å². The molecule has 1 atom stereocenters. The first kappa shape index (κ1) is 21.5. The van der Waals surface area contributed by atoms with Gasteiger partial charge >= 0.3 is 110 Å². The molecule has 0 bridgehead atoms. The number of rotatable bonds is 11. The van der Waals surface area contributed by atoms with E-state index in [1.165, 1.54) is 69.8 Å². The Hall–Kier alpha value is -0.540. The Bertz CT molecular complexity index is 279. The average Bonchev–Trinajstić information content (AvgIpc) is 3.13. The summed E-state index contributed by atoms with van der Waals surface area (Å²) in [6.07, 6.45) is 15.3. The minimum atomic E-state index is -1.18. The van der Waals surface area contributed by atoms with Crippen LogP contribution in [0.3, 0.4) is 0 Å². The zero-order chi connectivity index (χ0) is 16.7. The van der Waals surface area contributed by atoms with Crippen molar-refractivity contribution in [2.45, 2.75) is 78.4 Å². The van der Waals surface area contributed by atoms with Crippen molar-refractivity contribution >= 4 is 7.26 Å². The predicted molar refractivity (Wildman–Crippen MR) is 100 cm³/mol. The number of aromatic nitrogens is 4. The molecule has 0 aliphatic rings. The molecule has 6 heteroatoms. The van der Waals surface area contributed by atoms with Gasteiger partial charge in [0.1, 0.15) is 6.33 Å². The Labute approximate surface area is 137 Å². The monoisotopic (exact) mass is 331 g/mol. The number of nitrogens with zero attached hydrogens (tertiary/aromatic N) is 3. The maximum atomic E-state index is 6.54. The topological polar surface area (TPSA) is 80.5 Å². The SMILES string of the molecule is CCCC[PH](CCCC)(CCCC)C(N)CC.c1nnn[nH]1. The Morgan fingerprint density at radius 3 is 1.68 bits per heavy atom. The third-order valence-corrected chi connectivity index (χ3v) is 10.6. The fourth-order valence-corrected chi connectivity index (χ4v) is 8.98. The average molecular weight is 331 g/mol. The quantitative estimate of drug-likeness (QED) is 0.600. The first-order valence-corrected chi connectivity index (χ1v) is 11.8. The Kier molecular flexibility index (Phi) is 13.7. The van der Waals surface area contributed by atoms with Gasteiger partial charge in [-0.15, -0.1) is 5.10 Å². The molecule has 0 aliphatic carbocycles. The van der Waals surface area contributed by atoms with Crippen LogP contribution in [-0.2, 0) is 0 Å². The van der Waals surface area contributed by atoms with Crippen molar-refractivity contribution in [1.82, 2.24) is 20.6 Å². The Morgan fingerprint density at radius 2 is 1.45 bits per heavy atom. The number of unbranched alkanes of at least 4 members (excludes halogenated alkanes) is 3. The van der Waals surface area contributed by atoms with Gasteiger partial charge in [0.25, 0.3) is 0 Å². The van der Waals surface area contributed by atoms with Crippen LogP contribution in [0, 0.1) is 0 Å². The molecule has 0 aromatic carbocycles. The first-order chi connectivity index (χ1) is 10.7. The summed E-state index contributed by atoms with van der Waals surface area (Å²) in [5.74, 6) is 0.548. The van der Waals surface area contributed by atoms with E-state index in [0.29, 0.717) is 5.78 Å². The van der Waals surface area contributed by atoms with Crippen molar-refractivity contribution in [2.24, 2.45) is 5.73 Å². The van der Waals surface area contributed by atoms with Crippen LogP contribution >= 0.6 is 7.26 Å². The second-order valence-electron chi connectivity index (χ2n) is 6.25. The number of nitrogens with one attached hydrogen (secondary N) is 1. The van der Waals surface area contributed by atoms with Crippen molar-refractivity contribution in [3.05, 3.63) is 6.33 Å². The number of aromatic amines is 1. The van der Waals surface area contributed by atoms with E-state index in [-0.39, 0.29) is 0 Å². The molecule has 0 saturated heterocycles. The maximum Gasteiger partial charge on any atom is 0.135 e. The predicted octanol–water partition coefficient (Wildman–Crippen LogP) is 4.03. The zero-order valence-electron chi connectivity index (χ0n) is 15.1. The van der Waals surface area contributed by atoms with Crippen LogP contribution in [0.2, 0.25) is 0 Å². The first-order valence-electron chi connectivity index (χ1n) is 9.09. The fraction of sp³-hybridized carbons (Fsp3) is 0.938. The third-order valence-electron chi connectivity index (χ3n) is 4.58. The van der Waals surface area contributed by atoms with E-state index in [1.807, 2.05) is 0 Å². The molecule has 1 aromatic rings. The molecule has 132 valence electrons. The molecule has 0 amide bonds. The summed E-state index contributed by atoms with van der Waals surface area (Å²) >= 11 is 0. The van der Waals surface area contributed by atoms with Gasteiger partial charge < -0.3 is 0 Å². The van der Waals surface area contributed by atoms with Crippen molar-refractivity contribution in [3.8, 4) is 0 Å². The fourth-order valence-electron chi connectivity index (χ4n) is 3.08. The minimum Gasteiger partial charge on any atom is -0.246 e. The molecule has 22 heavy (non-hydrogen) atoms. The van der Waals surface area contributed by atoms with Gasteiger partial charge in [0.05, 0.1) is 0 Å². The zero-order valence-corrected chi connectivity index (χ0v) is 16.1. The molecule has 1 rings (SSSR count). The smallest absolute Gasteiger partial charge is 0.135 e. The molecule has 1 aromatic heterocycles. The number of nitrogens with two attached hydrogens (primary N) is 1. The van der Waals surface area contributed by atoms with Gasteiger partial charge in [-0.2, -0.15) is 0 Å². The van der Waals surface area contributed by atoms with Gasteiger partial charge in [0.2, 0.25) is 0 Å².